The Labute approximate surface area is 132 Å². The Morgan fingerprint density at radius 1 is 1.35 bits per heavy atom. The van der Waals surface area contributed by atoms with E-state index in [9.17, 15) is 9.59 Å². The lowest BCUT2D eigenvalue weighted by molar-refractivity contribution is 0.0601. The van der Waals surface area contributed by atoms with Gasteiger partial charge in [-0.1, -0.05) is 6.08 Å². The molecule has 122 valence electrons. The minimum atomic E-state index is -0.960. The van der Waals surface area contributed by atoms with Crippen molar-refractivity contribution >= 4 is 23.3 Å². The first-order chi connectivity index (χ1) is 11.0. The molecule has 1 amide bonds. The highest BCUT2D eigenvalue weighted by atomic mass is 16.7. The summed E-state index contributed by atoms with van der Waals surface area (Å²) in [6.45, 7) is 0.665. The summed E-state index contributed by atoms with van der Waals surface area (Å²) < 4.78 is 15.6. The van der Waals surface area contributed by atoms with Crippen LogP contribution in [0.1, 0.15) is 22.3 Å². The number of methoxy groups -OCH3 is 1. The quantitative estimate of drug-likeness (QED) is 0.628. The molecule has 0 aliphatic carbocycles. The van der Waals surface area contributed by atoms with E-state index in [-0.39, 0.29) is 24.6 Å². The molecule has 1 aromatic rings. The summed E-state index contributed by atoms with van der Waals surface area (Å²) in [5.41, 5.74) is 7.90. The summed E-state index contributed by atoms with van der Waals surface area (Å²) in [5, 5.41) is 9.01. The Bertz CT molecular complexity index is 712. The highest BCUT2D eigenvalue weighted by Crippen LogP contribution is 2.46. The highest BCUT2D eigenvalue weighted by Gasteiger charge is 2.29. The van der Waals surface area contributed by atoms with Crippen molar-refractivity contribution in [3.63, 3.8) is 0 Å². The molecule has 8 nitrogen and oxygen atoms in total. The van der Waals surface area contributed by atoms with Gasteiger partial charge in [-0.05, 0) is 18.1 Å². The molecule has 0 atom stereocenters. The number of hydrogen-bond acceptors (Lipinski definition) is 6. The topological polar surface area (TPSA) is 111 Å². The third kappa shape index (κ3) is 2.52. The predicted molar refractivity (Wildman–Crippen MR) is 80.5 cm³/mol. The number of nitrogens with zero attached hydrogens (tertiary/aromatic N) is 1. The Morgan fingerprint density at radius 3 is 2.70 bits per heavy atom. The maximum absolute atomic E-state index is 11.9. The van der Waals surface area contributed by atoms with Crippen molar-refractivity contribution in [2.24, 2.45) is 0 Å². The van der Waals surface area contributed by atoms with Crippen LogP contribution in [0.2, 0.25) is 0 Å². The van der Waals surface area contributed by atoms with Crippen LogP contribution in [0.4, 0.5) is 10.5 Å². The fourth-order valence-electron chi connectivity index (χ4n) is 2.69. The summed E-state index contributed by atoms with van der Waals surface area (Å²) in [5.74, 6) is 0.236. The molecule has 2 aliphatic rings. The van der Waals surface area contributed by atoms with Gasteiger partial charge in [0, 0.05) is 18.7 Å². The fraction of sp³-hybridized carbons (Fsp3) is 0.333. The number of rotatable bonds is 2. The maximum atomic E-state index is 11.9. The number of carboxylic acid groups (broad SMARTS) is 1. The van der Waals surface area contributed by atoms with Crippen LogP contribution in [0.5, 0.6) is 11.5 Å². The smallest absolute Gasteiger partial charge is 0.407 e. The second kappa shape index (κ2) is 5.71. The zero-order chi connectivity index (χ0) is 16.6. The van der Waals surface area contributed by atoms with Gasteiger partial charge >= 0.3 is 12.1 Å². The number of esters is 1. The molecule has 3 N–H and O–H groups in total. The Hall–Kier alpha value is -2.90. The number of hydrogen-bond donors (Lipinski definition) is 2. The lowest BCUT2D eigenvalue weighted by Gasteiger charge is -2.24. The number of anilines is 1. The standard InChI is InChI=1S/C15H16N2O6/c1-21-14(18)10-6-9(12-13(11(10)16)23-7-22-12)8-2-4-17(5-3-8)15(19)20/h2,6H,3-5,7,16H2,1H3,(H,19,20). The van der Waals surface area contributed by atoms with E-state index in [1.54, 1.807) is 12.1 Å². The van der Waals surface area contributed by atoms with Gasteiger partial charge < -0.3 is 30.0 Å². The molecular formula is C15H16N2O6. The molecule has 0 unspecified atom stereocenters. The monoisotopic (exact) mass is 320 g/mol. The molecule has 3 rings (SSSR count). The molecule has 0 saturated heterocycles. The molecule has 2 aliphatic heterocycles. The number of fused-ring (bicyclic) bond motifs is 1. The van der Waals surface area contributed by atoms with Crippen molar-refractivity contribution in [2.45, 2.75) is 6.42 Å². The number of carbonyl (C=O) groups excluding carboxylic acids is 1. The third-order valence-electron chi connectivity index (χ3n) is 3.91. The SMILES string of the molecule is COC(=O)c1cc(C2=CCN(C(=O)O)CC2)c2c(c1N)OCO2. The van der Waals surface area contributed by atoms with Crippen LogP contribution in [0.3, 0.4) is 0 Å². The maximum Gasteiger partial charge on any atom is 0.407 e. The Balaban J connectivity index is 2.04. The second-order valence-corrected chi connectivity index (χ2v) is 5.15. The van der Waals surface area contributed by atoms with Gasteiger partial charge in [0.25, 0.3) is 0 Å². The van der Waals surface area contributed by atoms with Gasteiger partial charge in [0.05, 0.1) is 18.4 Å². The van der Waals surface area contributed by atoms with E-state index in [4.69, 9.17) is 25.1 Å². The van der Waals surface area contributed by atoms with Crippen LogP contribution in [-0.2, 0) is 4.74 Å². The molecule has 0 aromatic heterocycles. The van der Waals surface area contributed by atoms with Gasteiger partial charge in [0.15, 0.2) is 11.5 Å². The van der Waals surface area contributed by atoms with Crippen LogP contribution in [0.25, 0.3) is 5.57 Å². The average molecular weight is 320 g/mol. The van der Waals surface area contributed by atoms with Crippen LogP contribution < -0.4 is 15.2 Å². The lowest BCUT2D eigenvalue weighted by Crippen LogP contribution is -2.33. The fourth-order valence-corrected chi connectivity index (χ4v) is 2.69. The van der Waals surface area contributed by atoms with Crippen molar-refractivity contribution < 1.29 is 28.9 Å². The number of ether oxygens (including phenoxy) is 3. The molecular weight excluding hydrogens is 304 g/mol. The number of nitrogen functional groups attached to an aromatic ring is 1. The Kier molecular flexibility index (Phi) is 3.73. The first kappa shape index (κ1) is 15.0. The average Bonchev–Trinajstić information content (AvgIpc) is 3.05. The summed E-state index contributed by atoms with van der Waals surface area (Å²) in [6.07, 6.45) is 1.34. The minimum Gasteiger partial charge on any atom is -0.465 e. The van der Waals surface area contributed by atoms with Crippen molar-refractivity contribution in [1.82, 2.24) is 4.90 Å². The summed E-state index contributed by atoms with van der Waals surface area (Å²) in [6, 6.07) is 1.61. The van der Waals surface area contributed by atoms with Gasteiger partial charge in [-0.25, -0.2) is 9.59 Å². The number of amides is 1. The highest BCUT2D eigenvalue weighted by molar-refractivity contribution is 5.99. The summed E-state index contributed by atoms with van der Waals surface area (Å²) in [7, 11) is 1.27. The van der Waals surface area contributed by atoms with Gasteiger partial charge in [-0.2, -0.15) is 0 Å². The first-order valence-electron chi connectivity index (χ1n) is 7.00. The van der Waals surface area contributed by atoms with E-state index >= 15 is 0 Å². The molecule has 0 spiro atoms. The minimum absolute atomic E-state index is 0.0195. The number of benzene rings is 1. The van der Waals surface area contributed by atoms with Gasteiger partial charge in [0.2, 0.25) is 6.79 Å². The molecule has 23 heavy (non-hydrogen) atoms. The normalized spacial score (nSPS) is 16.0. The Morgan fingerprint density at radius 2 is 2.09 bits per heavy atom. The summed E-state index contributed by atoms with van der Waals surface area (Å²) >= 11 is 0. The molecule has 2 heterocycles. The van der Waals surface area contributed by atoms with Crippen LogP contribution >= 0.6 is 0 Å². The molecule has 1 aromatic carbocycles. The second-order valence-electron chi connectivity index (χ2n) is 5.15. The van der Waals surface area contributed by atoms with E-state index in [1.807, 2.05) is 0 Å². The molecule has 0 bridgehead atoms. The number of carbonyl (C=O) groups is 2. The van der Waals surface area contributed by atoms with Crippen molar-refractivity contribution in [3.8, 4) is 11.5 Å². The van der Waals surface area contributed by atoms with E-state index in [0.717, 1.165) is 5.57 Å². The largest absolute Gasteiger partial charge is 0.465 e. The van der Waals surface area contributed by atoms with Crippen LogP contribution in [0.15, 0.2) is 12.1 Å². The number of nitrogens with two attached hydrogens (primary N) is 1. The molecule has 0 fully saturated rings. The lowest BCUT2D eigenvalue weighted by atomic mass is 9.95. The van der Waals surface area contributed by atoms with Gasteiger partial charge in [-0.15, -0.1) is 0 Å². The van der Waals surface area contributed by atoms with Crippen LogP contribution in [-0.4, -0.2) is 49.1 Å². The van der Waals surface area contributed by atoms with E-state index in [0.29, 0.717) is 30.0 Å². The third-order valence-corrected chi connectivity index (χ3v) is 3.91. The van der Waals surface area contributed by atoms with Crippen molar-refractivity contribution in [2.75, 3.05) is 32.7 Å². The van der Waals surface area contributed by atoms with Crippen LogP contribution in [0, 0.1) is 0 Å². The van der Waals surface area contributed by atoms with Gasteiger partial charge in [0.1, 0.15) is 0 Å². The van der Waals surface area contributed by atoms with Crippen molar-refractivity contribution in [3.05, 3.63) is 23.3 Å². The molecule has 0 saturated carbocycles. The zero-order valence-electron chi connectivity index (χ0n) is 12.5. The molecule has 0 radical (unpaired) electrons. The van der Waals surface area contributed by atoms with E-state index in [2.05, 4.69) is 0 Å². The van der Waals surface area contributed by atoms with E-state index < -0.39 is 12.1 Å². The summed E-state index contributed by atoms with van der Waals surface area (Å²) in [4.78, 5) is 24.2. The zero-order valence-corrected chi connectivity index (χ0v) is 12.5. The molecule has 8 heteroatoms. The van der Waals surface area contributed by atoms with E-state index in [1.165, 1.54) is 12.0 Å². The van der Waals surface area contributed by atoms with Crippen molar-refractivity contribution in [1.29, 1.82) is 0 Å². The van der Waals surface area contributed by atoms with Gasteiger partial charge in [-0.3, -0.25) is 0 Å². The first-order valence-corrected chi connectivity index (χ1v) is 7.00. The predicted octanol–water partition coefficient (Wildman–Crippen LogP) is 1.55.